The first-order valence-electron chi connectivity index (χ1n) is 4.68. The number of hydrogen-bond acceptors (Lipinski definition) is 4. The average Bonchev–Trinajstić information content (AvgIpc) is 2.24. The molecule has 0 saturated carbocycles. The zero-order chi connectivity index (χ0) is 13.0. The van der Waals surface area contributed by atoms with Crippen molar-refractivity contribution in [2.75, 3.05) is 0 Å². The van der Waals surface area contributed by atoms with E-state index in [1.807, 2.05) is 0 Å². The summed E-state index contributed by atoms with van der Waals surface area (Å²) in [5.74, 6) is -1.92. The molecule has 92 valence electrons. The van der Waals surface area contributed by atoms with Crippen LogP contribution in [0.3, 0.4) is 0 Å². The van der Waals surface area contributed by atoms with E-state index < -0.39 is 28.5 Å². The molecule has 1 unspecified atom stereocenters. The van der Waals surface area contributed by atoms with Gasteiger partial charge in [0, 0.05) is 6.07 Å². The van der Waals surface area contributed by atoms with Crippen LogP contribution < -0.4 is 0 Å². The van der Waals surface area contributed by atoms with Crippen LogP contribution in [-0.4, -0.2) is 22.1 Å². The maximum absolute atomic E-state index is 13.0. The van der Waals surface area contributed by atoms with E-state index in [1.165, 1.54) is 6.92 Å². The Balaban J connectivity index is 2.78. The summed E-state index contributed by atoms with van der Waals surface area (Å²) < 4.78 is 17.9. The quantitative estimate of drug-likeness (QED) is 0.628. The third kappa shape index (κ3) is 3.80. The number of non-ortho nitro benzene ring substituents is 1. The van der Waals surface area contributed by atoms with E-state index in [0.29, 0.717) is 0 Å². The molecule has 0 aliphatic heterocycles. The number of nitro groups is 1. The number of nitro benzene ring substituents is 1. The normalized spacial score (nSPS) is 12.1. The fraction of sp³-hybridized carbons (Fsp3) is 0.300. The number of aliphatic carboxylic acids is 1. The summed E-state index contributed by atoms with van der Waals surface area (Å²) in [6.07, 6.45) is -1.06. The minimum atomic E-state index is -1.16. The maximum atomic E-state index is 13.0. The van der Waals surface area contributed by atoms with Gasteiger partial charge in [-0.2, -0.15) is 0 Å². The number of benzene rings is 1. The van der Waals surface area contributed by atoms with Gasteiger partial charge < -0.3 is 9.84 Å². The van der Waals surface area contributed by atoms with Crippen LogP contribution in [0.5, 0.6) is 0 Å². The van der Waals surface area contributed by atoms with Crippen molar-refractivity contribution in [3.63, 3.8) is 0 Å². The highest BCUT2D eigenvalue weighted by atomic mass is 19.1. The van der Waals surface area contributed by atoms with Crippen LogP contribution in [0.15, 0.2) is 18.2 Å². The molecule has 7 heteroatoms. The molecule has 1 aromatic carbocycles. The number of carboxylic acids is 1. The Kier molecular flexibility index (Phi) is 4.11. The molecule has 1 aromatic rings. The Hall–Kier alpha value is -2.02. The van der Waals surface area contributed by atoms with Gasteiger partial charge >= 0.3 is 5.97 Å². The van der Waals surface area contributed by atoms with Gasteiger partial charge in [-0.15, -0.1) is 0 Å². The number of ether oxygens (including phenoxy) is 1. The highest BCUT2D eigenvalue weighted by Gasteiger charge is 2.13. The second kappa shape index (κ2) is 5.35. The minimum absolute atomic E-state index is 0.202. The van der Waals surface area contributed by atoms with Gasteiger partial charge in [0.25, 0.3) is 5.69 Å². The number of rotatable bonds is 5. The van der Waals surface area contributed by atoms with Crippen LogP contribution in [0.1, 0.15) is 12.5 Å². The summed E-state index contributed by atoms with van der Waals surface area (Å²) >= 11 is 0. The van der Waals surface area contributed by atoms with Crippen LogP contribution in [0.4, 0.5) is 10.1 Å². The van der Waals surface area contributed by atoms with Gasteiger partial charge in [0.2, 0.25) is 0 Å². The highest BCUT2D eigenvalue weighted by molar-refractivity contribution is 5.71. The van der Waals surface area contributed by atoms with Crippen molar-refractivity contribution in [3.8, 4) is 0 Å². The van der Waals surface area contributed by atoms with Crippen molar-refractivity contribution < 1.29 is 24.0 Å². The summed E-state index contributed by atoms with van der Waals surface area (Å²) in [5.41, 5.74) is -0.184. The smallest absolute Gasteiger partial charge is 0.332 e. The zero-order valence-electron chi connectivity index (χ0n) is 8.92. The van der Waals surface area contributed by atoms with Crippen molar-refractivity contribution in [2.45, 2.75) is 19.6 Å². The Morgan fingerprint density at radius 2 is 2.24 bits per heavy atom. The van der Waals surface area contributed by atoms with E-state index in [2.05, 4.69) is 0 Å². The van der Waals surface area contributed by atoms with E-state index in [4.69, 9.17) is 9.84 Å². The molecule has 6 nitrogen and oxygen atoms in total. The monoisotopic (exact) mass is 243 g/mol. The van der Waals surface area contributed by atoms with E-state index in [0.717, 1.165) is 18.2 Å². The third-order valence-corrected chi connectivity index (χ3v) is 2.00. The predicted molar refractivity (Wildman–Crippen MR) is 54.9 cm³/mol. The van der Waals surface area contributed by atoms with Crippen molar-refractivity contribution in [2.24, 2.45) is 0 Å². The fourth-order valence-electron chi connectivity index (χ4n) is 1.11. The molecule has 0 aromatic heterocycles. The molecule has 0 aliphatic rings. The van der Waals surface area contributed by atoms with Gasteiger partial charge in [-0.3, -0.25) is 10.1 Å². The van der Waals surface area contributed by atoms with Crippen LogP contribution in [0, 0.1) is 15.9 Å². The van der Waals surface area contributed by atoms with Gasteiger partial charge in [-0.1, -0.05) is 0 Å². The summed E-state index contributed by atoms with van der Waals surface area (Å²) in [4.78, 5) is 20.2. The lowest BCUT2D eigenvalue weighted by atomic mass is 10.2. The van der Waals surface area contributed by atoms with Gasteiger partial charge in [0.05, 0.1) is 17.6 Å². The van der Waals surface area contributed by atoms with Crippen LogP contribution in [0.25, 0.3) is 0 Å². The summed E-state index contributed by atoms with van der Waals surface area (Å²) in [6.45, 7) is 1.11. The molecule has 17 heavy (non-hydrogen) atoms. The molecule has 0 spiro atoms. The molecule has 1 rings (SSSR count). The molecule has 1 N–H and O–H groups in total. The first-order chi connectivity index (χ1) is 7.90. The second-order valence-corrected chi connectivity index (χ2v) is 3.37. The standard InChI is InChI=1S/C10H10FNO5/c1-6(10(13)14)17-5-7-2-8(11)4-9(3-7)12(15)16/h2-4,6H,5H2,1H3,(H,13,14). The van der Waals surface area contributed by atoms with Crippen LogP contribution in [-0.2, 0) is 16.1 Å². The molecule has 0 fully saturated rings. The summed E-state index contributed by atoms with van der Waals surface area (Å²) in [5, 5.41) is 19.0. The van der Waals surface area contributed by atoms with E-state index in [-0.39, 0.29) is 12.2 Å². The Morgan fingerprint density at radius 3 is 2.76 bits per heavy atom. The lowest BCUT2D eigenvalue weighted by Crippen LogP contribution is -2.19. The lowest BCUT2D eigenvalue weighted by Gasteiger charge is -2.08. The minimum Gasteiger partial charge on any atom is -0.479 e. The van der Waals surface area contributed by atoms with Crippen molar-refractivity contribution in [1.82, 2.24) is 0 Å². The SMILES string of the molecule is CC(OCc1cc(F)cc([N+](=O)[O-])c1)C(=O)O. The largest absolute Gasteiger partial charge is 0.479 e. The fourth-order valence-corrected chi connectivity index (χ4v) is 1.11. The van der Waals surface area contributed by atoms with Gasteiger partial charge in [0.1, 0.15) is 5.82 Å². The first-order valence-corrected chi connectivity index (χ1v) is 4.68. The zero-order valence-corrected chi connectivity index (χ0v) is 8.92. The van der Waals surface area contributed by atoms with Gasteiger partial charge in [-0.05, 0) is 18.6 Å². The van der Waals surface area contributed by atoms with E-state index in [1.54, 1.807) is 0 Å². The molecule has 0 radical (unpaired) electrons. The Labute approximate surface area is 95.8 Å². The van der Waals surface area contributed by atoms with Crippen molar-refractivity contribution in [1.29, 1.82) is 0 Å². The highest BCUT2D eigenvalue weighted by Crippen LogP contribution is 2.17. The van der Waals surface area contributed by atoms with Crippen LogP contribution in [0.2, 0.25) is 0 Å². The molecule has 0 aliphatic carbocycles. The molecular weight excluding hydrogens is 233 g/mol. The first kappa shape index (κ1) is 13.0. The number of halogens is 1. The molecule has 0 saturated heterocycles. The van der Waals surface area contributed by atoms with Crippen molar-refractivity contribution in [3.05, 3.63) is 39.7 Å². The van der Waals surface area contributed by atoms with Crippen molar-refractivity contribution >= 4 is 11.7 Å². The second-order valence-electron chi connectivity index (χ2n) is 3.37. The average molecular weight is 243 g/mol. The lowest BCUT2D eigenvalue weighted by molar-refractivity contribution is -0.385. The number of carboxylic acid groups (broad SMARTS) is 1. The molecule has 0 bridgehead atoms. The van der Waals surface area contributed by atoms with Gasteiger partial charge in [0.15, 0.2) is 6.10 Å². The Bertz CT molecular complexity index is 448. The number of hydrogen-bond donors (Lipinski definition) is 1. The molecule has 0 amide bonds. The van der Waals surface area contributed by atoms with E-state index in [9.17, 15) is 19.3 Å². The Morgan fingerprint density at radius 1 is 1.59 bits per heavy atom. The van der Waals surface area contributed by atoms with E-state index >= 15 is 0 Å². The number of nitrogens with zero attached hydrogens (tertiary/aromatic N) is 1. The van der Waals surface area contributed by atoms with Gasteiger partial charge in [-0.25, -0.2) is 9.18 Å². The molecule has 0 heterocycles. The third-order valence-electron chi connectivity index (χ3n) is 2.00. The maximum Gasteiger partial charge on any atom is 0.332 e. The molecular formula is C10H10FNO5. The topological polar surface area (TPSA) is 89.7 Å². The van der Waals surface area contributed by atoms with Crippen LogP contribution >= 0.6 is 0 Å². The summed E-state index contributed by atoms with van der Waals surface area (Å²) in [6, 6.07) is 2.98. The number of carbonyl (C=O) groups is 1. The summed E-state index contributed by atoms with van der Waals surface area (Å²) in [7, 11) is 0. The predicted octanol–water partition coefficient (Wildman–Crippen LogP) is 1.72. The molecule has 1 atom stereocenters.